The van der Waals surface area contributed by atoms with E-state index in [0.717, 1.165) is 110 Å². The fourth-order valence-corrected chi connectivity index (χ4v) is 7.50. The first-order valence-electron chi connectivity index (χ1n) is 17.5. The van der Waals surface area contributed by atoms with Gasteiger partial charge in [-0.3, -0.25) is 9.59 Å². The molecule has 2 atom stereocenters. The van der Waals surface area contributed by atoms with Gasteiger partial charge in [0.15, 0.2) is 5.82 Å². The van der Waals surface area contributed by atoms with Crippen molar-refractivity contribution in [1.29, 1.82) is 0 Å². The number of carbonyl (C=O) groups excluding carboxylic acids is 2. The van der Waals surface area contributed by atoms with Crippen LogP contribution in [0.25, 0.3) is 33.6 Å². The highest BCUT2D eigenvalue weighted by molar-refractivity contribution is 6.00. The summed E-state index contributed by atoms with van der Waals surface area (Å²) in [4.78, 5) is 37.7. The maximum Gasteiger partial charge on any atom is 0.254 e. The van der Waals surface area contributed by atoms with E-state index >= 15 is 0 Å². The van der Waals surface area contributed by atoms with Gasteiger partial charge in [-0.25, -0.2) is 9.97 Å². The van der Waals surface area contributed by atoms with Gasteiger partial charge in [0, 0.05) is 54.8 Å². The number of hydrogen-bond donors (Lipinski definition) is 2. The summed E-state index contributed by atoms with van der Waals surface area (Å²) in [6.07, 6.45) is 9.18. The number of aromatic nitrogens is 4. The van der Waals surface area contributed by atoms with Crippen LogP contribution in [0, 0.1) is 11.3 Å². The Morgan fingerprint density at radius 2 is 1.89 bits per heavy atom. The van der Waals surface area contributed by atoms with Gasteiger partial charge in [-0.2, -0.15) is 0 Å². The molecule has 2 aliphatic heterocycles. The van der Waals surface area contributed by atoms with Crippen molar-refractivity contribution in [3.05, 3.63) is 41.6 Å². The molecule has 6 rings (SSSR count). The van der Waals surface area contributed by atoms with Crippen molar-refractivity contribution >= 4 is 33.9 Å². The molecular weight excluding hydrogens is 590 g/mol. The molecule has 0 radical (unpaired) electrons. The number of imidazole rings is 1. The van der Waals surface area contributed by atoms with Gasteiger partial charge in [0.1, 0.15) is 16.9 Å². The number of benzene rings is 1. The summed E-state index contributed by atoms with van der Waals surface area (Å²) in [5.41, 5.74) is 10.3. The number of aryl methyl sites for hydroxylation is 3. The number of ether oxygens (including phenoxy) is 1. The molecule has 0 bridgehead atoms. The molecule has 10 heteroatoms. The lowest BCUT2D eigenvalue weighted by Gasteiger charge is -2.41. The maximum atomic E-state index is 13.8. The number of nitrogens with zero attached hydrogens (tertiary/aromatic N) is 5. The number of amides is 2. The number of rotatable bonds is 12. The number of piperidine rings is 2. The first kappa shape index (κ1) is 33.0. The van der Waals surface area contributed by atoms with Crippen molar-refractivity contribution in [1.82, 2.24) is 29.3 Å². The standard InChI is InChI=1S/C37H51N7O3/c1-6-27-14-13-25-21-30(44(33(25)40-27)18-10-8-7-9-16-37(2,3)36(38)46)34-41-28-20-26(22-31(47-5)32(28)42(34)4)35(45)43-19-15-24-12-11-17-39-29(24)23-43/h13-14,20-22,24,29,39H,6-12,15-19,23H2,1-5H3,(H2,38,46). The number of methoxy groups -OCH3 is 1. The van der Waals surface area contributed by atoms with Crippen molar-refractivity contribution < 1.29 is 14.3 Å². The highest BCUT2D eigenvalue weighted by Gasteiger charge is 2.34. The first-order chi connectivity index (χ1) is 22.6. The van der Waals surface area contributed by atoms with E-state index in [2.05, 4.69) is 39.6 Å². The molecule has 2 fully saturated rings. The van der Waals surface area contributed by atoms with Crippen LogP contribution in [-0.2, 0) is 24.8 Å². The monoisotopic (exact) mass is 641 g/mol. The second-order valence-electron chi connectivity index (χ2n) is 14.2. The van der Waals surface area contributed by atoms with Crippen molar-refractivity contribution in [3.63, 3.8) is 0 Å². The number of nitrogens with one attached hydrogen (secondary N) is 1. The smallest absolute Gasteiger partial charge is 0.254 e. The zero-order valence-electron chi connectivity index (χ0n) is 28.8. The quantitative estimate of drug-likeness (QED) is 0.188. The predicted octanol–water partition coefficient (Wildman–Crippen LogP) is 5.84. The van der Waals surface area contributed by atoms with Crippen LogP contribution in [0.15, 0.2) is 30.3 Å². The third-order valence-electron chi connectivity index (χ3n) is 10.6. The van der Waals surface area contributed by atoms with Crippen LogP contribution in [0.2, 0.25) is 0 Å². The second-order valence-corrected chi connectivity index (χ2v) is 14.2. The zero-order valence-corrected chi connectivity index (χ0v) is 28.8. The minimum absolute atomic E-state index is 0.0350. The lowest BCUT2D eigenvalue weighted by atomic mass is 9.85. The number of carbonyl (C=O) groups is 2. The third kappa shape index (κ3) is 6.62. The van der Waals surface area contributed by atoms with Crippen LogP contribution in [0.1, 0.15) is 88.2 Å². The van der Waals surface area contributed by atoms with E-state index in [9.17, 15) is 9.59 Å². The summed E-state index contributed by atoms with van der Waals surface area (Å²) >= 11 is 0. The molecule has 0 spiro atoms. The minimum atomic E-state index is -0.473. The van der Waals surface area contributed by atoms with Crippen molar-refractivity contribution in [2.24, 2.45) is 24.1 Å². The normalized spacial score (nSPS) is 18.5. The minimum Gasteiger partial charge on any atom is -0.494 e. The molecule has 252 valence electrons. The Balaban J connectivity index is 1.29. The summed E-state index contributed by atoms with van der Waals surface area (Å²) in [6.45, 7) is 9.32. The molecule has 10 nitrogen and oxygen atoms in total. The Hall–Kier alpha value is -3.92. The van der Waals surface area contributed by atoms with Gasteiger partial charge in [0.05, 0.1) is 18.3 Å². The number of likely N-dealkylation sites (tertiary alicyclic amines) is 1. The second kappa shape index (κ2) is 13.7. The highest BCUT2D eigenvalue weighted by Crippen LogP contribution is 2.35. The van der Waals surface area contributed by atoms with Crippen LogP contribution >= 0.6 is 0 Å². The Kier molecular flexibility index (Phi) is 9.60. The molecule has 47 heavy (non-hydrogen) atoms. The Bertz CT molecular complexity index is 1770. The van der Waals surface area contributed by atoms with E-state index in [-0.39, 0.29) is 11.8 Å². The molecule has 5 heterocycles. The molecule has 2 unspecified atom stereocenters. The van der Waals surface area contributed by atoms with Gasteiger partial charge in [-0.15, -0.1) is 0 Å². The van der Waals surface area contributed by atoms with Gasteiger partial charge in [-0.05, 0) is 81.3 Å². The lowest BCUT2D eigenvalue weighted by molar-refractivity contribution is -0.126. The average molecular weight is 642 g/mol. The predicted molar refractivity (Wildman–Crippen MR) is 186 cm³/mol. The van der Waals surface area contributed by atoms with Gasteiger partial charge < -0.3 is 29.8 Å². The van der Waals surface area contributed by atoms with Gasteiger partial charge in [0.2, 0.25) is 5.91 Å². The molecule has 2 amide bonds. The molecule has 3 N–H and O–H groups in total. The van der Waals surface area contributed by atoms with Crippen LogP contribution in [0.5, 0.6) is 5.75 Å². The topological polar surface area (TPSA) is 120 Å². The summed E-state index contributed by atoms with van der Waals surface area (Å²) in [5, 5.41) is 4.72. The van der Waals surface area contributed by atoms with Crippen LogP contribution in [0.3, 0.4) is 0 Å². The lowest BCUT2D eigenvalue weighted by Crippen LogP contribution is -2.54. The van der Waals surface area contributed by atoms with E-state index < -0.39 is 5.41 Å². The number of nitrogens with two attached hydrogens (primary N) is 1. The average Bonchev–Trinajstić information content (AvgIpc) is 3.61. The fourth-order valence-electron chi connectivity index (χ4n) is 7.50. The van der Waals surface area contributed by atoms with Gasteiger partial charge in [-0.1, -0.05) is 40.0 Å². The number of fused-ring (bicyclic) bond motifs is 3. The molecule has 2 aliphatic rings. The Morgan fingerprint density at radius 1 is 1.09 bits per heavy atom. The summed E-state index contributed by atoms with van der Waals surface area (Å²) in [7, 11) is 3.67. The number of pyridine rings is 1. The van der Waals surface area contributed by atoms with Crippen molar-refractivity contribution in [2.45, 2.75) is 91.1 Å². The Labute approximate surface area is 278 Å². The largest absolute Gasteiger partial charge is 0.494 e. The number of hydrogen-bond acceptors (Lipinski definition) is 6. The first-order valence-corrected chi connectivity index (χ1v) is 17.5. The van der Waals surface area contributed by atoms with E-state index in [4.69, 9.17) is 20.4 Å². The molecule has 3 aromatic heterocycles. The summed E-state index contributed by atoms with van der Waals surface area (Å²) in [5.74, 6) is 1.91. The van der Waals surface area contributed by atoms with E-state index in [1.807, 2.05) is 37.9 Å². The number of primary amides is 1. The zero-order chi connectivity index (χ0) is 33.3. The Morgan fingerprint density at radius 3 is 2.66 bits per heavy atom. The molecule has 4 aromatic rings. The van der Waals surface area contributed by atoms with E-state index in [0.29, 0.717) is 23.3 Å². The van der Waals surface area contributed by atoms with Crippen molar-refractivity contribution in [3.8, 4) is 17.3 Å². The van der Waals surface area contributed by atoms with Crippen LogP contribution in [0.4, 0.5) is 0 Å². The van der Waals surface area contributed by atoms with Crippen LogP contribution < -0.4 is 15.8 Å². The SMILES string of the molecule is CCc1ccc2cc(-c3nc4cc(C(=O)N5CCC6CCCNC6C5)cc(OC)c4n3C)n(CCCCCCC(C)(C)C(N)=O)c2n1. The third-order valence-corrected chi connectivity index (χ3v) is 10.6. The van der Waals surface area contributed by atoms with Crippen LogP contribution in [-0.4, -0.2) is 68.6 Å². The van der Waals surface area contributed by atoms with E-state index in [1.54, 1.807) is 7.11 Å². The maximum absolute atomic E-state index is 13.8. The summed E-state index contributed by atoms with van der Waals surface area (Å²) in [6, 6.07) is 10.6. The van der Waals surface area contributed by atoms with Crippen molar-refractivity contribution in [2.75, 3.05) is 26.7 Å². The molecule has 2 saturated heterocycles. The fraction of sp³-hybridized carbons (Fsp3) is 0.568. The molecule has 0 aliphatic carbocycles. The molecular formula is C37H51N7O3. The number of unbranched alkanes of at least 4 members (excludes halogenated alkanes) is 3. The van der Waals surface area contributed by atoms with Gasteiger partial charge >= 0.3 is 0 Å². The van der Waals surface area contributed by atoms with E-state index in [1.165, 1.54) is 12.8 Å². The highest BCUT2D eigenvalue weighted by atomic mass is 16.5. The molecule has 1 aromatic carbocycles. The van der Waals surface area contributed by atoms with Gasteiger partial charge in [0.25, 0.3) is 5.91 Å². The molecule has 0 saturated carbocycles. The summed E-state index contributed by atoms with van der Waals surface area (Å²) < 4.78 is 10.3.